The average Bonchev–Trinajstić information content (AvgIpc) is 2.36. The zero-order valence-corrected chi connectivity index (χ0v) is 11.5. The highest BCUT2D eigenvalue weighted by atomic mass is 32.2. The van der Waals surface area contributed by atoms with E-state index in [1.165, 1.54) is 0 Å². The van der Waals surface area contributed by atoms with Crippen molar-refractivity contribution in [3.05, 3.63) is 35.4 Å². The first-order valence-electron chi connectivity index (χ1n) is 5.93. The molecule has 19 heavy (non-hydrogen) atoms. The first kappa shape index (κ1) is 15.2. The molecule has 5 nitrogen and oxygen atoms in total. The molecule has 0 aromatic heterocycles. The van der Waals surface area contributed by atoms with Crippen molar-refractivity contribution in [3.8, 4) is 6.07 Å². The lowest BCUT2D eigenvalue weighted by atomic mass is 10.2. The van der Waals surface area contributed by atoms with Crippen molar-refractivity contribution in [2.75, 3.05) is 12.3 Å². The normalized spacial score (nSPS) is 10.7. The second-order valence-electron chi connectivity index (χ2n) is 4.19. The molecule has 1 N–H and O–H groups in total. The van der Waals surface area contributed by atoms with E-state index in [0.717, 1.165) is 6.42 Å². The quantitative estimate of drug-likeness (QED) is 0.842. The van der Waals surface area contributed by atoms with E-state index in [9.17, 15) is 13.2 Å². The Bertz CT molecular complexity index is 571. The smallest absolute Gasteiger partial charge is 0.235 e. The van der Waals surface area contributed by atoms with Gasteiger partial charge in [-0.15, -0.1) is 0 Å². The maximum Gasteiger partial charge on any atom is 0.235 e. The molecular formula is C13H16N2O3S. The molecule has 6 heteroatoms. The number of rotatable bonds is 6. The molecule has 0 aliphatic heterocycles. The molecule has 0 spiro atoms. The minimum Gasteiger partial charge on any atom is -0.355 e. The molecule has 1 aromatic carbocycles. The van der Waals surface area contributed by atoms with Crippen LogP contribution in [0.15, 0.2) is 24.3 Å². The molecule has 0 saturated heterocycles. The van der Waals surface area contributed by atoms with Gasteiger partial charge < -0.3 is 5.32 Å². The molecule has 102 valence electrons. The van der Waals surface area contributed by atoms with Gasteiger partial charge in [0.2, 0.25) is 5.91 Å². The highest BCUT2D eigenvalue weighted by molar-refractivity contribution is 7.91. The molecule has 1 rings (SSSR count). The molecule has 1 amide bonds. The van der Waals surface area contributed by atoms with E-state index in [-0.39, 0.29) is 5.75 Å². The fourth-order valence-corrected chi connectivity index (χ4v) is 2.80. The van der Waals surface area contributed by atoms with Gasteiger partial charge in [-0.3, -0.25) is 4.79 Å². The zero-order valence-electron chi connectivity index (χ0n) is 10.7. The molecule has 0 aliphatic rings. The van der Waals surface area contributed by atoms with Crippen molar-refractivity contribution in [1.29, 1.82) is 5.26 Å². The third-order valence-electron chi connectivity index (χ3n) is 2.39. The predicted molar refractivity (Wildman–Crippen MR) is 71.9 cm³/mol. The number of benzene rings is 1. The van der Waals surface area contributed by atoms with Crippen molar-refractivity contribution >= 4 is 15.7 Å². The van der Waals surface area contributed by atoms with Crippen LogP contribution in [0.5, 0.6) is 0 Å². The van der Waals surface area contributed by atoms with Crippen LogP contribution < -0.4 is 5.32 Å². The summed E-state index contributed by atoms with van der Waals surface area (Å²) in [5.41, 5.74) is 1.05. The summed E-state index contributed by atoms with van der Waals surface area (Å²) in [5.74, 6) is -1.18. The van der Waals surface area contributed by atoms with E-state index < -0.39 is 21.5 Å². The Morgan fingerprint density at radius 1 is 1.32 bits per heavy atom. The number of hydrogen-bond donors (Lipinski definition) is 1. The number of amides is 1. The summed E-state index contributed by atoms with van der Waals surface area (Å²) < 4.78 is 23.6. The van der Waals surface area contributed by atoms with Gasteiger partial charge in [-0.05, 0) is 24.1 Å². The Balaban J connectivity index is 2.63. The lowest BCUT2D eigenvalue weighted by Crippen LogP contribution is -2.31. The van der Waals surface area contributed by atoms with Crippen LogP contribution in [-0.4, -0.2) is 26.6 Å². The monoisotopic (exact) mass is 280 g/mol. The number of nitrogens with zero attached hydrogens (tertiary/aromatic N) is 1. The van der Waals surface area contributed by atoms with Crippen LogP contribution in [0.2, 0.25) is 0 Å². The molecule has 0 radical (unpaired) electrons. The van der Waals surface area contributed by atoms with Gasteiger partial charge in [-0.2, -0.15) is 5.26 Å². The van der Waals surface area contributed by atoms with Gasteiger partial charge in [0.25, 0.3) is 0 Å². The molecule has 0 bridgehead atoms. The third-order valence-corrected chi connectivity index (χ3v) is 3.87. The van der Waals surface area contributed by atoms with Gasteiger partial charge in [0.1, 0.15) is 5.75 Å². The highest BCUT2D eigenvalue weighted by Gasteiger charge is 2.16. The van der Waals surface area contributed by atoms with E-state index in [2.05, 4.69) is 5.32 Å². The fraction of sp³-hybridized carbons (Fsp3) is 0.385. The Morgan fingerprint density at radius 2 is 1.95 bits per heavy atom. The van der Waals surface area contributed by atoms with Crippen LogP contribution in [0.25, 0.3) is 0 Å². The number of carbonyl (C=O) groups is 1. The standard InChI is InChI=1S/C13H16N2O3S/c1-2-7-15-13(16)10-19(17,18)9-12-5-3-11(8-14)4-6-12/h3-6H,2,7,9-10H2,1H3,(H,15,16). The maximum absolute atomic E-state index is 11.8. The summed E-state index contributed by atoms with van der Waals surface area (Å²) >= 11 is 0. The maximum atomic E-state index is 11.8. The second kappa shape index (κ2) is 6.90. The van der Waals surface area contributed by atoms with Crippen molar-refractivity contribution in [3.63, 3.8) is 0 Å². The molecule has 0 heterocycles. The van der Waals surface area contributed by atoms with Crippen LogP contribution >= 0.6 is 0 Å². The van der Waals surface area contributed by atoms with Gasteiger partial charge in [0, 0.05) is 6.54 Å². The lowest BCUT2D eigenvalue weighted by molar-refractivity contribution is -0.118. The number of sulfone groups is 1. The Morgan fingerprint density at radius 3 is 2.47 bits per heavy atom. The van der Waals surface area contributed by atoms with E-state index >= 15 is 0 Å². The van der Waals surface area contributed by atoms with Gasteiger partial charge in [-0.1, -0.05) is 19.1 Å². The number of nitrogens with one attached hydrogen (secondary N) is 1. The Kier molecular flexibility index (Phi) is 5.52. The van der Waals surface area contributed by atoms with Crippen LogP contribution in [0.3, 0.4) is 0 Å². The Hall–Kier alpha value is -1.87. The van der Waals surface area contributed by atoms with Crippen molar-refractivity contribution < 1.29 is 13.2 Å². The molecule has 0 fully saturated rings. The highest BCUT2D eigenvalue weighted by Crippen LogP contribution is 2.08. The summed E-state index contributed by atoms with van der Waals surface area (Å²) in [5, 5.41) is 11.2. The molecule has 0 atom stereocenters. The van der Waals surface area contributed by atoms with Crippen LogP contribution in [0.4, 0.5) is 0 Å². The fourth-order valence-electron chi connectivity index (χ4n) is 1.50. The van der Waals surface area contributed by atoms with Crippen molar-refractivity contribution in [2.45, 2.75) is 19.1 Å². The van der Waals surface area contributed by atoms with Crippen molar-refractivity contribution in [2.24, 2.45) is 0 Å². The minimum atomic E-state index is -3.48. The lowest BCUT2D eigenvalue weighted by Gasteiger charge is -2.05. The van der Waals surface area contributed by atoms with E-state index in [0.29, 0.717) is 17.7 Å². The van der Waals surface area contributed by atoms with Gasteiger partial charge in [0.05, 0.1) is 17.4 Å². The third kappa shape index (κ3) is 5.53. The minimum absolute atomic E-state index is 0.196. The zero-order chi connectivity index (χ0) is 14.3. The van der Waals surface area contributed by atoms with Crippen LogP contribution in [-0.2, 0) is 20.4 Å². The van der Waals surface area contributed by atoms with Crippen LogP contribution in [0.1, 0.15) is 24.5 Å². The van der Waals surface area contributed by atoms with E-state index in [1.807, 2.05) is 13.0 Å². The Labute approximate surface area is 113 Å². The molecule has 0 saturated carbocycles. The van der Waals surface area contributed by atoms with Gasteiger partial charge in [0.15, 0.2) is 9.84 Å². The molecule has 0 unspecified atom stereocenters. The molecular weight excluding hydrogens is 264 g/mol. The SMILES string of the molecule is CCCNC(=O)CS(=O)(=O)Cc1ccc(C#N)cc1. The largest absolute Gasteiger partial charge is 0.355 e. The number of carbonyl (C=O) groups excluding carboxylic acids is 1. The molecule has 1 aromatic rings. The predicted octanol–water partition coefficient (Wildman–Crippen LogP) is 0.999. The van der Waals surface area contributed by atoms with E-state index in [1.54, 1.807) is 24.3 Å². The number of nitriles is 1. The van der Waals surface area contributed by atoms with Gasteiger partial charge >= 0.3 is 0 Å². The van der Waals surface area contributed by atoms with Crippen molar-refractivity contribution in [1.82, 2.24) is 5.32 Å². The summed E-state index contributed by atoms with van der Waals surface area (Å²) in [6.07, 6.45) is 0.765. The summed E-state index contributed by atoms with van der Waals surface area (Å²) in [6.45, 7) is 2.37. The van der Waals surface area contributed by atoms with E-state index in [4.69, 9.17) is 5.26 Å². The first-order valence-corrected chi connectivity index (χ1v) is 7.75. The molecule has 0 aliphatic carbocycles. The number of hydrogen-bond acceptors (Lipinski definition) is 4. The summed E-state index contributed by atoms with van der Waals surface area (Å²) in [4.78, 5) is 11.4. The second-order valence-corrected chi connectivity index (χ2v) is 6.26. The van der Waals surface area contributed by atoms with Gasteiger partial charge in [-0.25, -0.2) is 8.42 Å². The summed E-state index contributed by atoms with van der Waals surface area (Å²) in [7, 11) is -3.48. The first-order chi connectivity index (χ1) is 8.96. The van der Waals surface area contributed by atoms with Crippen LogP contribution in [0, 0.1) is 11.3 Å². The topological polar surface area (TPSA) is 87.0 Å². The summed E-state index contributed by atoms with van der Waals surface area (Å²) in [6, 6.07) is 8.24. The average molecular weight is 280 g/mol.